The van der Waals surface area contributed by atoms with Crippen LogP contribution >= 0.6 is 0 Å². The SMILES string of the molecule is FC(F)(F)C(F)(F)C(F)(F)C(F)(F)C(F)(F)C(F)(F)CCC[Si](CCC(F)(F)C(F)(F)C(F)(F)C(F)(F)C(F)(F)C(F)(F)F)(CCC(F)(F)C(F)(F)C(F)(F)C(F)(F)C(F)(F)C(F)(F)F)CCC(F)(F)C(F)(F)C(F)(F)C(F)(F)C(F)(F)C(F)(F)F. The van der Waals surface area contributed by atoms with Gasteiger partial charge in [-0.1, -0.05) is 24.2 Å². The van der Waals surface area contributed by atoms with Crippen LogP contribution in [0.4, 0.5) is 228 Å². The Kier molecular flexibility index (Phi) is 21.0. The highest BCUT2D eigenvalue weighted by atomic mass is 28.3. The smallest absolute Gasteiger partial charge is 0.200 e. The average Bonchev–Trinajstić information content (AvgIpc) is 3.26. The Morgan fingerprint density at radius 3 is 0.407 bits per heavy atom. The zero-order valence-corrected chi connectivity index (χ0v) is 39.5. The summed E-state index contributed by atoms with van der Waals surface area (Å²) in [6.45, 7) is 0. The molecule has 0 aromatic rings. The molecule has 0 N–H and O–H groups in total. The molecule has 0 spiro atoms. The van der Waals surface area contributed by atoms with Gasteiger partial charge in [-0.15, -0.1) is 0 Å². The molecule has 518 valence electrons. The van der Waals surface area contributed by atoms with Crippen LogP contribution in [-0.2, 0) is 0 Å². The molecule has 0 nitrogen and oxygen atoms in total. The number of hydrogen-bond donors (Lipinski definition) is 0. The fraction of sp³-hybridized carbons (Fsp3) is 1.00. The maximum Gasteiger partial charge on any atom is 0.460 e. The van der Waals surface area contributed by atoms with Gasteiger partial charge in [-0.05, 0) is 6.42 Å². The molecule has 86 heavy (non-hydrogen) atoms. The largest absolute Gasteiger partial charge is 0.460 e. The van der Waals surface area contributed by atoms with Gasteiger partial charge in [0.05, 0.1) is 8.07 Å². The Morgan fingerprint density at radius 1 is 0.140 bits per heavy atom. The first-order chi connectivity index (χ1) is 36.3. The summed E-state index contributed by atoms with van der Waals surface area (Å²) in [6.07, 6.45) is -55.9. The van der Waals surface area contributed by atoms with Crippen LogP contribution in [0.2, 0.25) is 24.2 Å². The van der Waals surface area contributed by atoms with Crippen molar-refractivity contribution >= 4 is 8.07 Å². The topological polar surface area (TPSA) is 0 Å². The molecule has 0 saturated carbocycles. The lowest BCUT2D eigenvalue weighted by Crippen LogP contribution is -2.70. The second kappa shape index (κ2) is 21.9. The van der Waals surface area contributed by atoms with Gasteiger partial charge in [-0.3, -0.25) is 0 Å². The molecule has 0 unspecified atom stereocenters. The third-order valence-corrected chi connectivity index (χ3v) is 17.4. The molecule has 0 aromatic heterocycles. The van der Waals surface area contributed by atoms with Crippen LogP contribution in [0.1, 0.15) is 32.1 Å². The van der Waals surface area contributed by atoms with Crippen LogP contribution in [0, 0.1) is 0 Å². The molecule has 0 fully saturated rings. The first kappa shape index (κ1) is 82.6. The maximum atomic E-state index is 15.0. The van der Waals surface area contributed by atoms with E-state index in [4.69, 9.17) is 0 Å². The minimum Gasteiger partial charge on any atom is -0.200 e. The minimum atomic E-state index is -9.31. The van der Waals surface area contributed by atoms with Crippen LogP contribution in [0.15, 0.2) is 0 Å². The van der Waals surface area contributed by atoms with E-state index >= 15 is 26.3 Å². The van der Waals surface area contributed by atoms with Crippen LogP contribution in [0.5, 0.6) is 0 Å². The fourth-order valence-electron chi connectivity index (χ4n) is 6.54. The van der Waals surface area contributed by atoms with Crippen LogP contribution in [-0.4, -0.2) is 151 Å². The Hall–Kier alpha value is -3.42. The molecule has 0 rings (SSSR count). The van der Waals surface area contributed by atoms with Crippen molar-refractivity contribution in [2.45, 2.75) is 199 Å². The van der Waals surface area contributed by atoms with Crippen molar-refractivity contribution in [2.75, 3.05) is 0 Å². The number of rotatable bonds is 29. The Bertz CT molecular complexity index is 2110. The molecular weight excluding hydrogens is 1410 g/mol. The molecule has 0 heterocycles. The van der Waals surface area contributed by atoms with E-state index in [1.54, 1.807) is 0 Å². The zero-order valence-electron chi connectivity index (χ0n) is 38.5. The van der Waals surface area contributed by atoms with Gasteiger partial charge >= 0.3 is 143 Å². The lowest BCUT2D eigenvalue weighted by molar-refractivity contribution is -0.440. The highest BCUT2D eigenvalue weighted by Gasteiger charge is 2.95. The molecular formula is C33H18F52Si. The minimum absolute atomic E-state index is 3.68. The second-order valence-electron chi connectivity index (χ2n) is 17.9. The van der Waals surface area contributed by atoms with E-state index in [0.29, 0.717) is 0 Å². The molecule has 0 radical (unpaired) electrons. The third kappa shape index (κ3) is 12.1. The van der Waals surface area contributed by atoms with Gasteiger partial charge in [0.25, 0.3) is 0 Å². The number of alkyl halides is 52. The van der Waals surface area contributed by atoms with Crippen molar-refractivity contribution in [3.8, 4) is 0 Å². The first-order valence-corrected chi connectivity index (χ1v) is 23.0. The summed E-state index contributed by atoms with van der Waals surface area (Å²) in [6, 6.07) is -16.0. The lowest BCUT2D eigenvalue weighted by Gasteiger charge is -2.43. The predicted molar refractivity (Wildman–Crippen MR) is 171 cm³/mol. The standard InChI is InChI=1S/C33H18F52Si/c34-10(35,14(42,43)18(50,51)22(58,59)26(66,67)30(74,75)76)2-1-6-86(7-3-11(36,37)15(44,45)19(52,53)23(60,61)27(68,69)31(77,78)79,8-4-12(38,39)16(46,47)20(54,55)24(62,63)28(70,71)32(80,81)82)9-5-13(40,41)17(48,49)21(56,57)25(64,65)29(72,73)33(83,84)85/h1-9H2. The molecule has 0 amide bonds. The van der Waals surface area contributed by atoms with Crippen molar-refractivity contribution < 1.29 is 228 Å². The van der Waals surface area contributed by atoms with Crippen molar-refractivity contribution in [3.63, 3.8) is 0 Å². The van der Waals surface area contributed by atoms with Crippen molar-refractivity contribution in [1.29, 1.82) is 0 Å². The van der Waals surface area contributed by atoms with Gasteiger partial charge in [-0.25, -0.2) is 0 Å². The van der Waals surface area contributed by atoms with Crippen molar-refractivity contribution in [1.82, 2.24) is 0 Å². The molecule has 0 atom stereocenters. The fourth-order valence-corrected chi connectivity index (χ4v) is 11.5. The molecule has 0 aliphatic rings. The predicted octanol–water partition coefficient (Wildman–Crippen LogP) is 20.3. The van der Waals surface area contributed by atoms with Gasteiger partial charge in [0, 0.05) is 25.7 Å². The average molecular weight is 1430 g/mol. The van der Waals surface area contributed by atoms with Gasteiger partial charge in [0.15, 0.2) is 0 Å². The van der Waals surface area contributed by atoms with Gasteiger partial charge in [0.1, 0.15) is 0 Å². The van der Waals surface area contributed by atoms with E-state index < -0.39 is 208 Å². The lowest BCUT2D eigenvalue weighted by atomic mass is 9.92. The van der Waals surface area contributed by atoms with E-state index in [1.165, 1.54) is 0 Å². The summed E-state index contributed by atoms with van der Waals surface area (Å²) in [7, 11) is -8.08. The summed E-state index contributed by atoms with van der Waals surface area (Å²) < 4.78 is 718. The van der Waals surface area contributed by atoms with E-state index in [1.807, 2.05) is 0 Å². The van der Waals surface area contributed by atoms with Crippen LogP contribution in [0.3, 0.4) is 0 Å². The maximum absolute atomic E-state index is 15.0. The summed E-state index contributed by atoms with van der Waals surface area (Å²) >= 11 is 0. The normalized spacial score (nSPS) is 17.0. The van der Waals surface area contributed by atoms with E-state index in [-0.39, 0.29) is 0 Å². The van der Waals surface area contributed by atoms with Gasteiger partial charge in [0.2, 0.25) is 0 Å². The van der Waals surface area contributed by atoms with E-state index in [9.17, 15) is 202 Å². The summed E-state index contributed by atoms with van der Waals surface area (Å²) in [4.78, 5) is 0. The van der Waals surface area contributed by atoms with Crippen molar-refractivity contribution in [3.05, 3.63) is 0 Å². The third-order valence-electron chi connectivity index (χ3n) is 12.1. The number of hydrogen-bond acceptors (Lipinski definition) is 0. The molecule has 0 aliphatic heterocycles. The summed E-state index contributed by atoms with van der Waals surface area (Å²) in [5.74, 6) is -178. The van der Waals surface area contributed by atoms with Crippen molar-refractivity contribution in [2.24, 2.45) is 0 Å². The monoisotopic (exact) mass is 1430 g/mol. The molecule has 0 aromatic carbocycles. The molecule has 0 aliphatic carbocycles. The first-order valence-electron chi connectivity index (χ1n) is 20.2. The Morgan fingerprint density at radius 2 is 0.267 bits per heavy atom. The van der Waals surface area contributed by atoms with E-state index in [0.717, 1.165) is 0 Å². The quantitative estimate of drug-likeness (QED) is 0.0517. The highest BCUT2D eigenvalue weighted by molar-refractivity contribution is 6.79. The Labute approximate surface area is 436 Å². The van der Waals surface area contributed by atoms with Crippen LogP contribution in [0.25, 0.3) is 0 Å². The van der Waals surface area contributed by atoms with Gasteiger partial charge < -0.3 is 0 Å². The number of halogens is 52. The van der Waals surface area contributed by atoms with E-state index in [2.05, 4.69) is 0 Å². The second-order valence-corrected chi connectivity index (χ2v) is 22.9. The summed E-state index contributed by atoms with van der Waals surface area (Å²) in [5.41, 5.74) is 0. The Balaban J connectivity index is 9.17. The zero-order chi connectivity index (χ0) is 70.9. The molecule has 53 heteroatoms. The summed E-state index contributed by atoms with van der Waals surface area (Å²) in [5, 5.41) is 0. The molecule has 0 bridgehead atoms. The highest BCUT2D eigenvalue weighted by Crippen LogP contribution is 2.67. The van der Waals surface area contributed by atoms with Crippen LogP contribution < -0.4 is 0 Å². The molecule has 0 saturated heterocycles. The van der Waals surface area contributed by atoms with Gasteiger partial charge in [-0.2, -0.15) is 228 Å².